The van der Waals surface area contributed by atoms with Crippen molar-refractivity contribution in [2.75, 3.05) is 0 Å². The summed E-state index contributed by atoms with van der Waals surface area (Å²) in [5.41, 5.74) is 1.98. The highest BCUT2D eigenvalue weighted by molar-refractivity contribution is 6.31. The molecule has 0 aliphatic rings. The lowest BCUT2D eigenvalue weighted by Gasteiger charge is -2.09. The monoisotopic (exact) mass is 270 g/mol. The molecule has 0 aliphatic carbocycles. The van der Waals surface area contributed by atoms with Gasteiger partial charge >= 0.3 is 0 Å². The van der Waals surface area contributed by atoms with Gasteiger partial charge in [-0.1, -0.05) is 11.6 Å². The number of carbonyl (C=O) groups is 1. The van der Waals surface area contributed by atoms with E-state index in [9.17, 15) is 10.1 Å². The number of rotatable bonds is 3. The summed E-state index contributed by atoms with van der Waals surface area (Å²) in [6.07, 6.45) is 3.13. The van der Waals surface area contributed by atoms with Crippen molar-refractivity contribution < 1.29 is 4.79 Å². The number of aryl methyl sites for hydroxylation is 1. The maximum Gasteiger partial charge on any atom is 0.184 e. The highest BCUT2D eigenvalue weighted by Gasteiger charge is 2.22. The number of nitrogens with zero attached hydrogens (tertiary/aromatic N) is 2. The zero-order valence-electron chi connectivity index (χ0n) is 10.3. The molecule has 0 fully saturated rings. The molecular formula is C15H11ClN2O. The Kier molecular flexibility index (Phi) is 3.94. The fourth-order valence-corrected chi connectivity index (χ4v) is 2.18. The van der Waals surface area contributed by atoms with Crippen LogP contribution in [0.15, 0.2) is 42.7 Å². The van der Waals surface area contributed by atoms with E-state index in [0.717, 1.165) is 5.56 Å². The van der Waals surface area contributed by atoms with Gasteiger partial charge in [-0.05, 0) is 48.4 Å². The van der Waals surface area contributed by atoms with Crippen molar-refractivity contribution in [2.45, 2.75) is 12.8 Å². The van der Waals surface area contributed by atoms with Crippen molar-refractivity contribution in [2.24, 2.45) is 0 Å². The van der Waals surface area contributed by atoms with E-state index in [-0.39, 0.29) is 5.78 Å². The van der Waals surface area contributed by atoms with Gasteiger partial charge in [-0.25, -0.2) is 0 Å². The Morgan fingerprint density at radius 3 is 2.58 bits per heavy atom. The minimum atomic E-state index is -0.833. The van der Waals surface area contributed by atoms with E-state index < -0.39 is 5.92 Å². The Hall–Kier alpha value is -2.18. The molecule has 19 heavy (non-hydrogen) atoms. The molecule has 0 N–H and O–H groups in total. The van der Waals surface area contributed by atoms with E-state index in [4.69, 9.17) is 11.6 Å². The molecule has 0 saturated carbocycles. The second kappa shape index (κ2) is 5.64. The van der Waals surface area contributed by atoms with E-state index >= 15 is 0 Å². The molecule has 4 heteroatoms. The smallest absolute Gasteiger partial charge is 0.184 e. The van der Waals surface area contributed by atoms with Gasteiger partial charge in [0.2, 0.25) is 0 Å². The zero-order valence-corrected chi connectivity index (χ0v) is 11.1. The van der Waals surface area contributed by atoms with E-state index in [0.29, 0.717) is 16.1 Å². The fraction of sp³-hybridized carbons (Fsp3) is 0.133. The van der Waals surface area contributed by atoms with Crippen molar-refractivity contribution in [3.63, 3.8) is 0 Å². The maximum atomic E-state index is 12.4. The fourth-order valence-electron chi connectivity index (χ4n) is 1.89. The largest absolute Gasteiger partial charge is 0.292 e. The Morgan fingerprint density at radius 1 is 1.32 bits per heavy atom. The SMILES string of the molecule is Cc1cc(Cl)cc(C(=O)C(C#N)c2ccncc2)c1. The van der Waals surface area contributed by atoms with Gasteiger partial charge in [0.25, 0.3) is 0 Å². The third kappa shape index (κ3) is 2.98. The van der Waals surface area contributed by atoms with Gasteiger partial charge in [0.15, 0.2) is 5.78 Å². The number of Topliss-reactive ketones (excluding diaryl/α,β-unsaturated/α-hetero) is 1. The van der Waals surface area contributed by atoms with Crippen LogP contribution in [0.2, 0.25) is 5.02 Å². The number of aromatic nitrogens is 1. The summed E-state index contributed by atoms with van der Waals surface area (Å²) in [6.45, 7) is 1.86. The minimum absolute atomic E-state index is 0.251. The molecule has 1 aromatic carbocycles. The van der Waals surface area contributed by atoms with Crippen LogP contribution in [0.5, 0.6) is 0 Å². The maximum absolute atomic E-state index is 12.4. The molecule has 3 nitrogen and oxygen atoms in total. The highest BCUT2D eigenvalue weighted by Crippen LogP contribution is 2.23. The van der Waals surface area contributed by atoms with Crippen molar-refractivity contribution in [3.05, 3.63) is 64.4 Å². The summed E-state index contributed by atoms with van der Waals surface area (Å²) < 4.78 is 0. The standard InChI is InChI=1S/C15H11ClN2O/c1-10-6-12(8-13(16)7-10)15(19)14(9-17)11-2-4-18-5-3-11/h2-8,14H,1H3. The molecule has 0 amide bonds. The lowest BCUT2D eigenvalue weighted by Crippen LogP contribution is -2.11. The Balaban J connectivity index is 2.40. The van der Waals surface area contributed by atoms with Crippen molar-refractivity contribution >= 4 is 17.4 Å². The zero-order chi connectivity index (χ0) is 13.8. The van der Waals surface area contributed by atoms with Gasteiger partial charge in [0, 0.05) is 23.0 Å². The molecular weight excluding hydrogens is 260 g/mol. The van der Waals surface area contributed by atoms with Crippen LogP contribution < -0.4 is 0 Å². The van der Waals surface area contributed by atoms with Crippen LogP contribution in [0.1, 0.15) is 27.4 Å². The van der Waals surface area contributed by atoms with Crippen molar-refractivity contribution in [1.29, 1.82) is 5.26 Å². The second-order valence-electron chi connectivity index (χ2n) is 4.22. The first-order valence-corrected chi connectivity index (χ1v) is 6.10. The molecule has 2 rings (SSSR count). The van der Waals surface area contributed by atoms with Crippen LogP contribution in [0.25, 0.3) is 0 Å². The molecule has 1 unspecified atom stereocenters. The van der Waals surface area contributed by atoms with Gasteiger partial charge in [0.05, 0.1) is 6.07 Å². The second-order valence-corrected chi connectivity index (χ2v) is 4.66. The predicted molar refractivity (Wildman–Crippen MR) is 73.1 cm³/mol. The number of carbonyl (C=O) groups excluding carboxylic acids is 1. The molecule has 1 heterocycles. The summed E-state index contributed by atoms with van der Waals surface area (Å²) in [4.78, 5) is 16.3. The van der Waals surface area contributed by atoms with Crippen molar-refractivity contribution in [3.8, 4) is 6.07 Å². The Labute approximate surface area is 116 Å². The van der Waals surface area contributed by atoms with E-state index in [1.807, 2.05) is 13.0 Å². The number of benzene rings is 1. The summed E-state index contributed by atoms with van der Waals surface area (Å²) in [5.74, 6) is -1.08. The van der Waals surface area contributed by atoms with Gasteiger partial charge in [-0.15, -0.1) is 0 Å². The number of pyridine rings is 1. The quantitative estimate of drug-likeness (QED) is 0.802. The third-order valence-electron chi connectivity index (χ3n) is 2.76. The summed E-state index contributed by atoms with van der Waals surface area (Å²) in [6, 6.07) is 10.5. The minimum Gasteiger partial charge on any atom is -0.292 e. The van der Waals surface area contributed by atoms with Gasteiger partial charge < -0.3 is 0 Å². The van der Waals surface area contributed by atoms with Crippen LogP contribution >= 0.6 is 11.6 Å². The van der Waals surface area contributed by atoms with Gasteiger partial charge in [-0.2, -0.15) is 5.26 Å². The first kappa shape index (κ1) is 13.3. The molecule has 0 aliphatic heterocycles. The van der Waals surface area contributed by atoms with E-state index in [2.05, 4.69) is 4.98 Å². The Bertz CT molecular complexity index is 627. The average Bonchev–Trinajstić information content (AvgIpc) is 2.39. The lowest BCUT2D eigenvalue weighted by atomic mass is 9.92. The molecule has 0 saturated heterocycles. The summed E-state index contributed by atoms with van der Waals surface area (Å²) in [7, 11) is 0. The predicted octanol–water partition coefficient (Wildman–Crippen LogP) is 3.53. The summed E-state index contributed by atoms with van der Waals surface area (Å²) >= 11 is 5.94. The first-order chi connectivity index (χ1) is 9.11. The molecule has 0 bridgehead atoms. The number of halogens is 1. The number of hydrogen-bond acceptors (Lipinski definition) is 3. The van der Waals surface area contributed by atoms with Gasteiger partial charge in [0.1, 0.15) is 5.92 Å². The van der Waals surface area contributed by atoms with Crippen LogP contribution in [-0.2, 0) is 0 Å². The van der Waals surface area contributed by atoms with Crippen molar-refractivity contribution in [1.82, 2.24) is 4.98 Å². The summed E-state index contributed by atoms with van der Waals surface area (Å²) in [5, 5.41) is 9.72. The van der Waals surface area contributed by atoms with E-state index in [1.54, 1.807) is 42.7 Å². The van der Waals surface area contributed by atoms with Crippen LogP contribution in [0, 0.1) is 18.3 Å². The van der Waals surface area contributed by atoms with Crippen LogP contribution in [0.3, 0.4) is 0 Å². The number of nitriles is 1. The highest BCUT2D eigenvalue weighted by atomic mass is 35.5. The first-order valence-electron chi connectivity index (χ1n) is 5.73. The average molecular weight is 271 g/mol. The van der Waals surface area contributed by atoms with Crippen LogP contribution in [0.4, 0.5) is 0 Å². The topological polar surface area (TPSA) is 53.8 Å². The Morgan fingerprint density at radius 2 is 2.00 bits per heavy atom. The molecule has 94 valence electrons. The lowest BCUT2D eigenvalue weighted by molar-refractivity contribution is 0.0979. The third-order valence-corrected chi connectivity index (χ3v) is 2.98. The normalized spacial score (nSPS) is 11.6. The number of ketones is 1. The molecule has 1 aromatic heterocycles. The number of hydrogen-bond donors (Lipinski definition) is 0. The molecule has 0 spiro atoms. The molecule has 2 aromatic rings. The molecule has 1 atom stereocenters. The van der Waals surface area contributed by atoms with Gasteiger partial charge in [-0.3, -0.25) is 9.78 Å². The van der Waals surface area contributed by atoms with Crippen LogP contribution in [-0.4, -0.2) is 10.8 Å². The molecule has 0 radical (unpaired) electrons. The van der Waals surface area contributed by atoms with E-state index in [1.165, 1.54) is 0 Å².